The van der Waals surface area contributed by atoms with E-state index in [0.29, 0.717) is 5.92 Å². The lowest BCUT2D eigenvalue weighted by atomic mass is 10.1. The molecular formula is C6H11F. The zero-order valence-corrected chi connectivity index (χ0v) is 4.65. The van der Waals surface area contributed by atoms with Gasteiger partial charge in [-0.05, 0) is 25.2 Å². The van der Waals surface area contributed by atoms with Gasteiger partial charge in [0.1, 0.15) is 6.17 Å². The molecule has 1 aliphatic rings. The Bertz CT molecular complexity index is 53.2. The molecule has 1 unspecified atom stereocenters. The van der Waals surface area contributed by atoms with Gasteiger partial charge < -0.3 is 0 Å². The highest BCUT2D eigenvalue weighted by Crippen LogP contribution is 2.26. The Hall–Kier alpha value is -0.0700. The molecule has 0 aromatic rings. The van der Waals surface area contributed by atoms with Gasteiger partial charge in [0.25, 0.3) is 0 Å². The Morgan fingerprint density at radius 1 is 1.43 bits per heavy atom. The van der Waals surface area contributed by atoms with Gasteiger partial charge in [0.05, 0.1) is 0 Å². The van der Waals surface area contributed by atoms with Gasteiger partial charge in [-0.25, -0.2) is 4.39 Å². The standard InChI is InChI=1S/C6H11F/c1-5-2-3-6(7)4-5/h5-6H,2-4H2,1H3/t5-,6?/m1/s1. The third-order valence-corrected chi connectivity index (χ3v) is 1.63. The van der Waals surface area contributed by atoms with Crippen LogP contribution in [0, 0.1) is 5.92 Å². The molecule has 0 saturated heterocycles. The number of hydrogen-bond acceptors (Lipinski definition) is 0. The predicted molar refractivity (Wildman–Crippen MR) is 27.9 cm³/mol. The second-order valence-electron chi connectivity index (χ2n) is 2.52. The van der Waals surface area contributed by atoms with E-state index in [-0.39, 0.29) is 0 Å². The average Bonchev–Trinajstić information content (AvgIpc) is 1.87. The van der Waals surface area contributed by atoms with Crippen molar-refractivity contribution >= 4 is 0 Å². The largest absolute Gasteiger partial charge is 0.247 e. The smallest absolute Gasteiger partial charge is 0.100 e. The maximum Gasteiger partial charge on any atom is 0.100 e. The monoisotopic (exact) mass is 102 g/mol. The van der Waals surface area contributed by atoms with Gasteiger partial charge in [0.2, 0.25) is 0 Å². The van der Waals surface area contributed by atoms with Gasteiger partial charge in [-0.3, -0.25) is 0 Å². The predicted octanol–water partition coefficient (Wildman–Crippen LogP) is 2.14. The van der Waals surface area contributed by atoms with E-state index in [1.807, 2.05) is 0 Å². The first-order chi connectivity index (χ1) is 3.29. The van der Waals surface area contributed by atoms with Crippen molar-refractivity contribution in [3.8, 4) is 0 Å². The van der Waals surface area contributed by atoms with E-state index in [1.165, 1.54) is 0 Å². The van der Waals surface area contributed by atoms with Crippen LogP contribution in [0.25, 0.3) is 0 Å². The highest BCUT2D eigenvalue weighted by molar-refractivity contribution is 4.70. The van der Waals surface area contributed by atoms with Crippen LogP contribution in [0.15, 0.2) is 0 Å². The summed E-state index contributed by atoms with van der Waals surface area (Å²) in [6.07, 6.45) is 2.23. The summed E-state index contributed by atoms with van der Waals surface area (Å²) in [5, 5.41) is 0. The van der Waals surface area contributed by atoms with Crippen LogP contribution >= 0.6 is 0 Å². The fourth-order valence-corrected chi connectivity index (χ4v) is 1.14. The Balaban J connectivity index is 2.26. The van der Waals surface area contributed by atoms with Crippen molar-refractivity contribution < 1.29 is 4.39 Å². The Morgan fingerprint density at radius 2 is 2.14 bits per heavy atom. The fourth-order valence-electron chi connectivity index (χ4n) is 1.14. The molecule has 0 nitrogen and oxygen atoms in total. The third-order valence-electron chi connectivity index (χ3n) is 1.63. The van der Waals surface area contributed by atoms with E-state index >= 15 is 0 Å². The van der Waals surface area contributed by atoms with Crippen molar-refractivity contribution in [2.24, 2.45) is 5.92 Å². The number of rotatable bonds is 0. The number of halogens is 1. The molecule has 1 heteroatoms. The zero-order chi connectivity index (χ0) is 5.28. The summed E-state index contributed by atoms with van der Waals surface area (Å²) >= 11 is 0. The molecule has 0 spiro atoms. The van der Waals surface area contributed by atoms with Crippen LogP contribution in [0.3, 0.4) is 0 Å². The van der Waals surface area contributed by atoms with Crippen LogP contribution in [0.5, 0.6) is 0 Å². The summed E-state index contributed by atoms with van der Waals surface area (Å²) < 4.78 is 12.2. The van der Waals surface area contributed by atoms with Crippen LogP contribution < -0.4 is 0 Å². The summed E-state index contributed by atoms with van der Waals surface area (Å²) in [5.41, 5.74) is 0. The maximum absolute atomic E-state index is 12.2. The van der Waals surface area contributed by atoms with Gasteiger partial charge in [0.15, 0.2) is 0 Å². The van der Waals surface area contributed by atoms with Crippen molar-refractivity contribution in [3.63, 3.8) is 0 Å². The van der Waals surface area contributed by atoms with Gasteiger partial charge in [-0.2, -0.15) is 0 Å². The minimum absolute atomic E-state index is 0.477. The van der Waals surface area contributed by atoms with Gasteiger partial charge >= 0.3 is 0 Å². The molecule has 0 aliphatic heterocycles. The van der Waals surface area contributed by atoms with E-state index in [1.54, 1.807) is 0 Å². The van der Waals surface area contributed by atoms with E-state index in [4.69, 9.17) is 0 Å². The first-order valence-electron chi connectivity index (χ1n) is 2.93. The first kappa shape index (κ1) is 5.07. The molecule has 7 heavy (non-hydrogen) atoms. The molecule has 0 heterocycles. The van der Waals surface area contributed by atoms with Crippen molar-refractivity contribution in [1.82, 2.24) is 0 Å². The lowest BCUT2D eigenvalue weighted by Crippen LogP contribution is -1.89. The molecule has 42 valence electrons. The molecular weight excluding hydrogens is 91.1 g/mol. The van der Waals surface area contributed by atoms with Crippen molar-refractivity contribution in [2.45, 2.75) is 32.4 Å². The Morgan fingerprint density at radius 3 is 2.29 bits per heavy atom. The summed E-state index contributed by atoms with van der Waals surface area (Å²) in [5.74, 6) is 0.648. The van der Waals surface area contributed by atoms with Crippen molar-refractivity contribution in [3.05, 3.63) is 0 Å². The zero-order valence-electron chi connectivity index (χ0n) is 4.65. The molecule has 0 bridgehead atoms. The summed E-state index contributed by atoms with van der Waals surface area (Å²) in [6, 6.07) is 0. The second-order valence-corrected chi connectivity index (χ2v) is 2.52. The van der Waals surface area contributed by atoms with Crippen molar-refractivity contribution in [1.29, 1.82) is 0 Å². The van der Waals surface area contributed by atoms with Crippen LogP contribution in [0.2, 0.25) is 0 Å². The summed E-state index contributed by atoms with van der Waals surface area (Å²) in [6.45, 7) is 2.11. The van der Waals surface area contributed by atoms with Gasteiger partial charge in [0, 0.05) is 0 Å². The highest BCUT2D eigenvalue weighted by atomic mass is 19.1. The molecule has 0 aromatic carbocycles. The highest BCUT2D eigenvalue weighted by Gasteiger charge is 2.19. The molecule has 0 radical (unpaired) electrons. The average molecular weight is 102 g/mol. The fraction of sp³-hybridized carbons (Fsp3) is 1.00. The van der Waals surface area contributed by atoms with Crippen LogP contribution in [-0.2, 0) is 0 Å². The quantitative estimate of drug-likeness (QED) is 0.439. The van der Waals surface area contributed by atoms with E-state index in [9.17, 15) is 4.39 Å². The molecule has 2 atom stereocenters. The first-order valence-corrected chi connectivity index (χ1v) is 2.93. The van der Waals surface area contributed by atoms with E-state index in [0.717, 1.165) is 19.3 Å². The van der Waals surface area contributed by atoms with Gasteiger partial charge in [-0.15, -0.1) is 0 Å². The SMILES string of the molecule is C[C@@H]1CCC(F)C1. The van der Waals surface area contributed by atoms with Crippen LogP contribution in [-0.4, -0.2) is 6.17 Å². The van der Waals surface area contributed by atoms with E-state index < -0.39 is 6.17 Å². The van der Waals surface area contributed by atoms with Crippen molar-refractivity contribution in [2.75, 3.05) is 0 Å². The molecule has 0 aromatic heterocycles. The number of hydrogen-bond donors (Lipinski definition) is 0. The van der Waals surface area contributed by atoms with Crippen LogP contribution in [0.1, 0.15) is 26.2 Å². The molecule has 0 N–H and O–H groups in total. The lowest BCUT2D eigenvalue weighted by Gasteiger charge is -1.93. The van der Waals surface area contributed by atoms with Crippen LogP contribution in [0.4, 0.5) is 4.39 Å². The van der Waals surface area contributed by atoms with Gasteiger partial charge in [-0.1, -0.05) is 6.92 Å². The Kier molecular flexibility index (Phi) is 1.31. The lowest BCUT2D eigenvalue weighted by molar-refractivity contribution is 0.334. The Labute approximate surface area is 43.7 Å². The third kappa shape index (κ3) is 1.15. The van der Waals surface area contributed by atoms with E-state index in [2.05, 4.69) is 6.92 Å². The molecule has 1 saturated carbocycles. The minimum atomic E-state index is -0.477. The topological polar surface area (TPSA) is 0 Å². The molecule has 1 rings (SSSR count). The maximum atomic E-state index is 12.2. The molecule has 1 aliphatic carbocycles. The minimum Gasteiger partial charge on any atom is -0.247 e. The molecule has 1 fully saturated rings. The number of alkyl halides is 1. The summed E-state index contributed by atoms with van der Waals surface area (Å²) in [4.78, 5) is 0. The second kappa shape index (κ2) is 1.81. The normalized spacial score (nSPS) is 42.0. The summed E-state index contributed by atoms with van der Waals surface area (Å²) in [7, 11) is 0. The molecule has 0 amide bonds.